The van der Waals surface area contributed by atoms with Crippen LogP contribution in [0.5, 0.6) is 0 Å². The predicted octanol–water partition coefficient (Wildman–Crippen LogP) is 7.45. The minimum atomic E-state index is 0.388. The third-order valence-corrected chi connectivity index (χ3v) is 7.96. The van der Waals surface area contributed by atoms with Crippen LogP contribution < -0.4 is 0 Å². The van der Waals surface area contributed by atoms with Crippen LogP contribution in [-0.2, 0) is 4.74 Å². The lowest BCUT2D eigenvalue weighted by Crippen LogP contribution is -2.26. The average Bonchev–Trinajstić information content (AvgIpc) is 2.74. The highest BCUT2D eigenvalue weighted by molar-refractivity contribution is 5.25. The summed E-state index contributed by atoms with van der Waals surface area (Å²) >= 11 is 0. The topological polar surface area (TPSA) is 9.23 Å². The van der Waals surface area contributed by atoms with Gasteiger partial charge in [0.2, 0.25) is 0 Å². The minimum absolute atomic E-state index is 0.388. The number of rotatable bonds is 5. The highest BCUT2D eigenvalue weighted by Crippen LogP contribution is 2.41. The molecule has 1 heteroatoms. The SMILES string of the molecule is Cc1ccc(C2CCC(C3C=CC(OCC4CCC(C)CC4)CC3)CC2)cc1. The summed E-state index contributed by atoms with van der Waals surface area (Å²) in [5, 5.41) is 0. The molecule has 4 rings (SSSR count). The molecule has 1 nitrogen and oxygen atoms in total. The van der Waals surface area contributed by atoms with Crippen LogP contribution in [0.15, 0.2) is 36.4 Å². The molecule has 28 heavy (non-hydrogen) atoms. The largest absolute Gasteiger partial charge is 0.374 e. The lowest BCUT2D eigenvalue weighted by Gasteiger charge is -2.35. The second-order valence-corrected chi connectivity index (χ2v) is 10.1. The summed E-state index contributed by atoms with van der Waals surface area (Å²) in [6, 6.07) is 9.27. The number of benzene rings is 1. The van der Waals surface area contributed by atoms with Crippen LogP contribution in [0.3, 0.4) is 0 Å². The Balaban J connectivity index is 1.19. The van der Waals surface area contributed by atoms with E-state index < -0.39 is 0 Å². The van der Waals surface area contributed by atoms with Crippen molar-refractivity contribution in [2.45, 2.75) is 90.1 Å². The monoisotopic (exact) mass is 380 g/mol. The molecule has 1 aromatic carbocycles. The van der Waals surface area contributed by atoms with Crippen LogP contribution >= 0.6 is 0 Å². The molecule has 0 amide bonds. The summed E-state index contributed by atoms with van der Waals surface area (Å²) in [5.74, 6) is 4.25. The average molecular weight is 381 g/mol. The molecule has 3 aliphatic rings. The van der Waals surface area contributed by atoms with Crippen molar-refractivity contribution in [1.82, 2.24) is 0 Å². The lowest BCUT2D eigenvalue weighted by molar-refractivity contribution is 0.0302. The maximum Gasteiger partial charge on any atom is 0.0756 e. The van der Waals surface area contributed by atoms with Gasteiger partial charge in [-0.25, -0.2) is 0 Å². The van der Waals surface area contributed by atoms with Gasteiger partial charge in [-0.3, -0.25) is 0 Å². The highest BCUT2D eigenvalue weighted by atomic mass is 16.5. The van der Waals surface area contributed by atoms with Crippen molar-refractivity contribution >= 4 is 0 Å². The van der Waals surface area contributed by atoms with Crippen LogP contribution in [0.4, 0.5) is 0 Å². The standard InChI is InChI=1S/C27H40O/c1-20-3-7-22(8-4-20)19-28-27-17-15-26(16-18-27)25-13-11-24(12-14-25)23-9-5-21(2)6-10-23/h5-6,9-10,15,17,20,22,24-27H,3-4,7-8,11-14,16,18-19H2,1-2H3. The summed E-state index contributed by atoms with van der Waals surface area (Å²) in [7, 11) is 0. The van der Waals surface area contributed by atoms with E-state index in [0.717, 1.165) is 36.2 Å². The van der Waals surface area contributed by atoms with Crippen molar-refractivity contribution in [3.05, 3.63) is 47.5 Å². The van der Waals surface area contributed by atoms with Gasteiger partial charge in [0.25, 0.3) is 0 Å². The molecule has 0 spiro atoms. The Labute approximate surface area is 173 Å². The summed E-state index contributed by atoms with van der Waals surface area (Å²) < 4.78 is 6.29. The van der Waals surface area contributed by atoms with Crippen molar-refractivity contribution in [2.24, 2.45) is 23.7 Å². The first kappa shape index (κ1) is 20.2. The van der Waals surface area contributed by atoms with Gasteiger partial charge in [-0.15, -0.1) is 0 Å². The van der Waals surface area contributed by atoms with E-state index in [9.17, 15) is 0 Å². The van der Waals surface area contributed by atoms with Crippen molar-refractivity contribution in [3.8, 4) is 0 Å². The van der Waals surface area contributed by atoms with Crippen LogP contribution in [0.2, 0.25) is 0 Å². The van der Waals surface area contributed by atoms with Gasteiger partial charge in [-0.05, 0) is 93.4 Å². The molecule has 0 saturated heterocycles. The fraction of sp³-hybridized carbons (Fsp3) is 0.704. The minimum Gasteiger partial charge on any atom is -0.374 e. The second kappa shape index (κ2) is 9.61. The first-order chi connectivity index (χ1) is 13.7. The second-order valence-electron chi connectivity index (χ2n) is 10.1. The summed E-state index contributed by atoms with van der Waals surface area (Å²) in [5.41, 5.74) is 2.94. The van der Waals surface area contributed by atoms with E-state index in [1.54, 1.807) is 5.56 Å². The van der Waals surface area contributed by atoms with Crippen LogP contribution in [0.1, 0.15) is 88.2 Å². The van der Waals surface area contributed by atoms with Gasteiger partial charge in [0.15, 0.2) is 0 Å². The molecular formula is C27H40O. The van der Waals surface area contributed by atoms with E-state index in [4.69, 9.17) is 4.74 Å². The number of allylic oxidation sites excluding steroid dienone is 1. The first-order valence-electron chi connectivity index (χ1n) is 12.0. The smallest absolute Gasteiger partial charge is 0.0756 e. The Morgan fingerprint density at radius 3 is 2.14 bits per heavy atom. The molecule has 0 bridgehead atoms. The predicted molar refractivity (Wildman–Crippen MR) is 119 cm³/mol. The van der Waals surface area contributed by atoms with Gasteiger partial charge in [0.1, 0.15) is 0 Å². The number of hydrogen-bond acceptors (Lipinski definition) is 1. The number of aryl methyl sites for hydroxylation is 1. The molecule has 2 fully saturated rings. The fourth-order valence-electron chi connectivity index (χ4n) is 5.82. The van der Waals surface area contributed by atoms with Crippen molar-refractivity contribution < 1.29 is 4.74 Å². The zero-order valence-electron chi connectivity index (χ0n) is 18.1. The molecule has 3 aliphatic carbocycles. The summed E-state index contributed by atoms with van der Waals surface area (Å²) in [6.45, 7) is 5.58. The highest BCUT2D eigenvalue weighted by Gasteiger charge is 2.29. The van der Waals surface area contributed by atoms with E-state index in [1.807, 2.05) is 0 Å². The zero-order chi connectivity index (χ0) is 19.3. The Morgan fingerprint density at radius 1 is 0.786 bits per heavy atom. The molecule has 0 aliphatic heterocycles. The molecule has 2 atom stereocenters. The normalized spacial score (nSPS) is 36.4. The van der Waals surface area contributed by atoms with Gasteiger partial charge in [-0.2, -0.15) is 0 Å². The maximum atomic E-state index is 6.29. The molecule has 2 unspecified atom stereocenters. The van der Waals surface area contributed by atoms with Gasteiger partial charge in [0.05, 0.1) is 12.7 Å². The van der Waals surface area contributed by atoms with Gasteiger partial charge >= 0.3 is 0 Å². The fourth-order valence-corrected chi connectivity index (χ4v) is 5.82. The molecule has 0 heterocycles. The molecule has 1 aromatic rings. The van der Waals surface area contributed by atoms with E-state index in [-0.39, 0.29) is 0 Å². The van der Waals surface area contributed by atoms with Crippen molar-refractivity contribution in [2.75, 3.05) is 6.61 Å². The molecule has 0 radical (unpaired) electrons. The third kappa shape index (κ3) is 5.29. The number of hydrogen-bond donors (Lipinski definition) is 0. The van der Waals surface area contributed by atoms with E-state index in [0.29, 0.717) is 6.10 Å². The quantitative estimate of drug-likeness (QED) is 0.482. The Bertz CT molecular complexity index is 614. The van der Waals surface area contributed by atoms with E-state index in [1.165, 1.54) is 69.8 Å². The Kier molecular flexibility index (Phi) is 6.94. The zero-order valence-corrected chi connectivity index (χ0v) is 18.1. The summed E-state index contributed by atoms with van der Waals surface area (Å²) in [6.07, 6.45) is 19.0. The molecule has 0 N–H and O–H groups in total. The van der Waals surface area contributed by atoms with E-state index >= 15 is 0 Å². The van der Waals surface area contributed by atoms with Crippen LogP contribution in [0, 0.1) is 30.6 Å². The van der Waals surface area contributed by atoms with E-state index in [2.05, 4.69) is 50.3 Å². The molecule has 0 aromatic heterocycles. The summed E-state index contributed by atoms with van der Waals surface area (Å²) in [4.78, 5) is 0. The van der Waals surface area contributed by atoms with Gasteiger partial charge in [-0.1, -0.05) is 61.7 Å². The van der Waals surface area contributed by atoms with Gasteiger partial charge < -0.3 is 4.74 Å². The number of ether oxygens (including phenoxy) is 1. The van der Waals surface area contributed by atoms with Crippen LogP contribution in [0.25, 0.3) is 0 Å². The van der Waals surface area contributed by atoms with Crippen LogP contribution in [-0.4, -0.2) is 12.7 Å². The van der Waals surface area contributed by atoms with Crippen molar-refractivity contribution in [1.29, 1.82) is 0 Å². The molecule has 2 saturated carbocycles. The Hall–Kier alpha value is -1.08. The molecule has 154 valence electrons. The molecular weight excluding hydrogens is 340 g/mol. The maximum absolute atomic E-state index is 6.29. The first-order valence-corrected chi connectivity index (χ1v) is 12.0. The Morgan fingerprint density at radius 2 is 1.50 bits per heavy atom. The third-order valence-electron chi connectivity index (χ3n) is 7.96. The van der Waals surface area contributed by atoms with Crippen molar-refractivity contribution in [3.63, 3.8) is 0 Å². The van der Waals surface area contributed by atoms with Gasteiger partial charge in [0, 0.05) is 0 Å². The lowest BCUT2D eigenvalue weighted by atomic mass is 9.71.